The molecule has 1 aliphatic rings. The number of halogens is 4. The van der Waals surface area contributed by atoms with E-state index in [1.807, 2.05) is 4.90 Å². The van der Waals surface area contributed by atoms with Crippen LogP contribution in [0.2, 0.25) is 0 Å². The van der Waals surface area contributed by atoms with E-state index in [0.717, 1.165) is 11.8 Å². The molecule has 1 heterocycles. The SMILES string of the molecule is C=C/C(=C(\C)Cl)N1CCN(C(=O)Cc2ccccc2C(F)(F)F)CC1. The summed E-state index contributed by atoms with van der Waals surface area (Å²) in [5, 5.41) is 0.619. The highest BCUT2D eigenvalue weighted by Crippen LogP contribution is 2.32. The summed E-state index contributed by atoms with van der Waals surface area (Å²) < 4.78 is 39.1. The number of allylic oxidation sites excluding steroid dienone is 2. The minimum atomic E-state index is -4.46. The van der Waals surface area contributed by atoms with Gasteiger partial charge in [0.15, 0.2) is 0 Å². The standard InChI is InChI=1S/C18H20ClF3N2O/c1-3-16(13(2)19)23-8-10-24(11-9-23)17(25)12-14-6-4-5-7-15(14)18(20,21)22/h3-7H,1,8-12H2,2H3/b16-13-. The molecule has 1 aromatic carbocycles. The van der Waals surface area contributed by atoms with Crippen LogP contribution in [0, 0.1) is 0 Å². The number of hydrogen-bond acceptors (Lipinski definition) is 2. The molecule has 25 heavy (non-hydrogen) atoms. The summed E-state index contributed by atoms with van der Waals surface area (Å²) in [7, 11) is 0. The minimum absolute atomic E-state index is 0.00529. The molecule has 0 N–H and O–H groups in total. The predicted molar refractivity (Wildman–Crippen MR) is 92.1 cm³/mol. The maximum atomic E-state index is 13.0. The van der Waals surface area contributed by atoms with Gasteiger partial charge in [0, 0.05) is 31.2 Å². The highest BCUT2D eigenvalue weighted by atomic mass is 35.5. The van der Waals surface area contributed by atoms with Crippen molar-refractivity contribution in [2.24, 2.45) is 0 Å². The van der Waals surface area contributed by atoms with Gasteiger partial charge < -0.3 is 9.80 Å². The number of amides is 1. The summed E-state index contributed by atoms with van der Waals surface area (Å²) in [6, 6.07) is 5.20. The molecule has 0 saturated carbocycles. The maximum Gasteiger partial charge on any atom is 0.416 e. The smallest absolute Gasteiger partial charge is 0.367 e. The Morgan fingerprint density at radius 2 is 1.76 bits per heavy atom. The van der Waals surface area contributed by atoms with Crippen LogP contribution in [0.25, 0.3) is 0 Å². The van der Waals surface area contributed by atoms with E-state index in [-0.39, 0.29) is 17.9 Å². The molecule has 0 radical (unpaired) electrons. The van der Waals surface area contributed by atoms with Gasteiger partial charge >= 0.3 is 6.18 Å². The fourth-order valence-electron chi connectivity index (χ4n) is 2.91. The Morgan fingerprint density at radius 3 is 2.28 bits per heavy atom. The average molecular weight is 373 g/mol. The normalized spacial score (nSPS) is 16.5. The van der Waals surface area contributed by atoms with Gasteiger partial charge in [0.1, 0.15) is 0 Å². The van der Waals surface area contributed by atoms with Crippen molar-refractivity contribution in [1.29, 1.82) is 0 Å². The number of carbonyl (C=O) groups is 1. The Morgan fingerprint density at radius 1 is 1.20 bits per heavy atom. The molecule has 0 spiro atoms. The molecule has 136 valence electrons. The maximum absolute atomic E-state index is 13.0. The molecule has 0 aromatic heterocycles. The summed E-state index contributed by atoms with van der Waals surface area (Å²) in [5.41, 5.74) is 0.0681. The van der Waals surface area contributed by atoms with E-state index in [2.05, 4.69) is 6.58 Å². The molecule has 0 aliphatic carbocycles. The molecule has 0 unspecified atom stereocenters. The van der Waals surface area contributed by atoms with Crippen LogP contribution in [-0.4, -0.2) is 41.9 Å². The van der Waals surface area contributed by atoms with Crippen LogP contribution in [0.15, 0.2) is 47.6 Å². The van der Waals surface area contributed by atoms with Gasteiger partial charge in [-0.05, 0) is 24.6 Å². The van der Waals surface area contributed by atoms with Crippen LogP contribution in [0.4, 0.5) is 13.2 Å². The summed E-state index contributed by atoms with van der Waals surface area (Å²) in [4.78, 5) is 16.0. The first-order chi connectivity index (χ1) is 11.7. The molecule has 1 saturated heterocycles. The second-order valence-electron chi connectivity index (χ2n) is 5.82. The topological polar surface area (TPSA) is 23.6 Å². The molecule has 1 aromatic rings. The Balaban J connectivity index is 2.03. The van der Waals surface area contributed by atoms with E-state index in [9.17, 15) is 18.0 Å². The molecule has 3 nitrogen and oxygen atoms in total. The fourth-order valence-corrected chi connectivity index (χ4v) is 3.11. The quantitative estimate of drug-likeness (QED) is 0.744. The zero-order valence-corrected chi connectivity index (χ0v) is 14.7. The van der Waals surface area contributed by atoms with Crippen molar-refractivity contribution in [3.05, 3.63) is 58.8 Å². The Hall–Kier alpha value is -1.95. The lowest BCUT2D eigenvalue weighted by molar-refractivity contribution is -0.138. The summed E-state index contributed by atoms with van der Waals surface area (Å²) >= 11 is 6.02. The zero-order chi connectivity index (χ0) is 18.6. The van der Waals surface area contributed by atoms with Gasteiger partial charge in [-0.25, -0.2) is 0 Å². The predicted octanol–water partition coefficient (Wildman–Crippen LogP) is 4.05. The van der Waals surface area contributed by atoms with Crippen molar-refractivity contribution < 1.29 is 18.0 Å². The molecule has 0 bridgehead atoms. The second kappa shape index (κ2) is 7.95. The van der Waals surface area contributed by atoms with Crippen molar-refractivity contribution in [1.82, 2.24) is 9.80 Å². The average Bonchev–Trinajstić information content (AvgIpc) is 2.55. The van der Waals surface area contributed by atoms with Crippen molar-refractivity contribution in [3.8, 4) is 0 Å². The highest BCUT2D eigenvalue weighted by Gasteiger charge is 2.34. The van der Waals surface area contributed by atoms with Crippen molar-refractivity contribution >= 4 is 17.5 Å². The zero-order valence-electron chi connectivity index (χ0n) is 13.9. The summed E-state index contributed by atoms with van der Waals surface area (Å²) in [5.74, 6) is -0.303. The van der Waals surface area contributed by atoms with Crippen molar-refractivity contribution in [2.45, 2.75) is 19.5 Å². The molecule has 1 fully saturated rings. The van der Waals surface area contributed by atoms with Crippen LogP contribution in [-0.2, 0) is 17.4 Å². The van der Waals surface area contributed by atoms with Crippen LogP contribution in [0.1, 0.15) is 18.1 Å². The van der Waals surface area contributed by atoms with Gasteiger partial charge in [0.25, 0.3) is 0 Å². The van der Waals surface area contributed by atoms with Crippen LogP contribution in [0.5, 0.6) is 0 Å². The summed E-state index contributed by atoms with van der Waals surface area (Å²) in [6.45, 7) is 7.51. The number of carbonyl (C=O) groups excluding carboxylic acids is 1. The molecular formula is C18H20ClF3N2O. The first-order valence-corrected chi connectivity index (χ1v) is 8.28. The van der Waals surface area contributed by atoms with E-state index in [4.69, 9.17) is 11.6 Å². The lowest BCUT2D eigenvalue weighted by atomic mass is 10.0. The number of hydrogen-bond donors (Lipinski definition) is 0. The number of alkyl halides is 3. The Kier molecular flexibility index (Phi) is 6.16. The van der Waals surface area contributed by atoms with Gasteiger partial charge in [-0.1, -0.05) is 36.4 Å². The lowest BCUT2D eigenvalue weighted by Gasteiger charge is -2.37. The summed E-state index contributed by atoms with van der Waals surface area (Å²) in [6.07, 6.45) is -3.05. The fraction of sp³-hybridized carbons (Fsp3) is 0.389. The van der Waals surface area contributed by atoms with E-state index in [1.54, 1.807) is 17.9 Å². The Bertz CT molecular complexity index is 673. The molecule has 7 heteroatoms. The molecule has 0 atom stereocenters. The molecule has 1 aliphatic heterocycles. The third-order valence-corrected chi connectivity index (χ3v) is 4.38. The van der Waals surface area contributed by atoms with Gasteiger partial charge in [-0.15, -0.1) is 0 Å². The van der Waals surface area contributed by atoms with E-state index in [0.29, 0.717) is 31.2 Å². The van der Waals surface area contributed by atoms with E-state index >= 15 is 0 Å². The molecular weight excluding hydrogens is 353 g/mol. The molecule has 1 amide bonds. The third-order valence-electron chi connectivity index (χ3n) is 4.18. The van der Waals surface area contributed by atoms with Gasteiger partial charge in [-0.3, -0.25) is 4.79 Å². The number of nitrogens with zero attached hydrogens (tertiary/aromatic N) is 2. The van der Waals surface area contributed by atoms with Crippen molar-refractivity contribution in [3.63, 3.8) is 0 Å². The largest absolute Gasteiger partial charge is 0.416 e. The van der Waals surface area contributed by atoms with Crippen molar-refractivity contribution in [2.75, 3.05) is 26.2 Å². The second-order valence-corrected chi connectivity index (χ2v) is 6.39. The minimum Gasteiger partial charge on any atom is -0.367 e. The monoisotopic (exact) mass is 372 g/mol. The van der Waals surface area contributed by atoms with Gasteiger partial charge in [0.2, 0.25) is 5.91 Å². The van der Waals surface area contributed by atoms with Crippen LogP contribution in [0.3, 0.4) is 0 Å². The van der Waals surface area contributed by atoms with Crippen LogP contribution >= 0.6 is 11.6 Å². The lowest BCUT2D eigenvalue weighted by Crippen LogP contribution is -2.48. The van der Waals surface area contributed by atoms with E-state index in [1.165, 1.54) is 18.2 Å². The molecule has 2 rings (SSSR count). The van der Waals surface area contributed by atoms with Gasteiger partial charge in [0.05, 0.1) is 17.7 Å². The number of piperazine rings is 1. The van der Waals surface area contributed by atoms with Gasteiger partial charge in [-0.2, -0.15) is 13.2 Å². The van der Waals surface area contributed by atoms with Crippen LogP contribution < -0.4 is 0 Å². The highest BCUT2D eigenvalue weighted by molar-refractivity contribution is 6.29. The number of benzene rings is 1. The third kappa shape index (κ3) is 4.78. The first kappa shape index (κ1) is 19.4. The Labute approximate surface area is 150 Å². The first-order valence-electron chi connectivity index (χ1n) is 7.90. The number of rotatable bonds is 4. The van der Waals surface area contributed by atoms with E-state index < -0.39 is 11.7 Å².